The Morgan fingerprint density at radius 3 is 2.47 bits per heavy atom. The molecule has 0 aliphatic carbocycles. The minimum atomic E-state index is -0.496. The summed E-state index contributed by atoms with van der Waals surface area (Å²) in [6.45, 7) is 5.50. The van der Waals surface area contributed by atoms with E-state index < -0.39 is 11.7 Å². The van der Waals surface area contributed by atoms with Gasteiger partial charge in [-0.15, -0.1) is 0 Å². The Labute approximate surface area is 102 Å². The summed E-state index contributed by atoms with van der Waals surface area (Å²) in [5, 5.41) is 2.91. The van der Waals surface area contributed by atoms with Gasteiger partial charge in [0.05, 0.1) is 11.9 Å². The van der Waals surface area contributed by atoms with Gasteiger partial charge in [0.1, 0.15) is 11.4 Å². The van der Waals surface area contributed by atoms with Crippen molar-refractivity contribution in [3.05, 3.63) is 18.3 Å². The minimum absolute atomic E-state index is 0.392. The lowest BCUT2D eigenvalue weighted by atomic mass is 10.2. The lowest BCUT2D eigenvalue weighted by molar-refractivity contribution is 0.0589. The van der Waals surface area contributed by atoms with E-state index in [-0.39, 0.29) is 0 Å². The molecule has 0 saturated carbocycles. The summed E-state index contributed by atoms with van der Waals surface area (Å²) in [6, 6.07) is 3.61. The fourth-order valence-electron chi connectivity index (χ4n) is 1.17. The molecule has 1 N–H and O–H groups in total. The van der Waals surface area contributed by atoms with E-state index in [9.17, 15) is 4.79 Å². The minimum Gasteiger partial charge on any atom is -0.443 e. The van der Waals surface area contributed by atoms with Crippen LogP contribution in [0.1, 0.15) is 20.8 Å². The van der Waals surface area contributed by atoms with E-state index >= 15 is 0 Å². The SMILES string of the molecule is CNc1ccc(N(C)C(=O)OC(C)(C)C)cn1. The molecule has 1 rings (SSSR count). The zero-order chi connectivity index (χ0) is 13.1. The standard InChI is InChI=1S/C12H19N3O2/c1-12(2,3)17-11(16)15(5)9-6-7-10(13-4)14-8-9/h6-8H,1-5H3,(H,13,14). The van der Waals surface area contributed by atoms with Crippen LogP contribution >= 0.6 is 0 Å². The Bertz CT molecular complexity index is 382. The van der Waals surface area contributed by atoms with Crippen molar-refractivity contribution in [1.82, 2.24) is 4.98 Å². The fraction of sp³-hybridized carbons (Fsp3) is 0.500. The summed E-state index contributed by atoms with van der Waals surface area (Å²) in [4.78, 5) is 17.3. The molecule has 17 heavy (non-hydrogen) atoms. The molecular formula is C12H19N3O2. The highest BCUT2D eigenvalue weighted by atomic mass is 16.6. The van der Waals surface area contributed by atoms with Crippen LogP contribution in [0, 0.1) is 0 Å². The zero-order valence-electron chi connectivity index (χ0n) is 10.9. The Balaban J connectivity index is 2.74. The number of nitrogens with zero attached hydrogens (tertiary/aromatic N) is 2. The van der Waals surface area contributed by atoms with Crippen molar-refractivity contribution >= 4 is 17.6 Å². The Kier molecular flexibility index (Phi) is 3.93. The molecule has 0 aromatic carbocycles. The maximum Gasteiger partial charge on any atom is 0.414 e. The van der Waals surface area contributed by atoms with Gasteiger partial charge in [-0.1, -0.05) is 0 Å². The van der Waals surface area contributed by atoms with Crippen LogP contribution in [0.3, 0.4) is 0 Å². The second-order valence-electron chi connectivity index (χ2n) is 4.69. The Morgan fingerprint density at radius 2 is 2.06 bits per heavy atom. The number of pyridine rings is 1. The van der Waals surface area contributed by atoms with Crippen LogP contribution in [-0.4, -0.2) is 30.8 Å². The summed E-state index contributed by atoms with van der Waals surface area (Å²) in [5.74, 6) is 0.756. The van der Waals surface area contributed by atoms with E-state index in [4.69, 9.17) is 4.74 Å². The first kappa shape index (κ1) is 13.3. The summed E-state index contributed by atoms with van der Waals surface area (Å²) in [7, 11) is 3.45. The maximum atomic E-state index is 11.8. The van der Waals surface area contributed by atoms with Gasteiger partial charge in [0.15, 0.2) is 0 Å². The predicted octanol–water partition coefficient (Wildman–Crippen LogP) is 2.49. The van der Waals surface area contributed by atoms with Crippen LogP contribution in [0.15, 0.2) is 18.3 Å². The van der Waals surface area contributed by atoms with Gasteiger partial charge in [0.25, 0.3) is 0 Å². The number of hydrogen-bond donors (Lipinski definition) is 1. The van der Waals surface area contributed by atoms with Crippen molar-refractivity contribution < 1.29 is 9.53 Å². The van der Waals surface area contributed by atoms with Gasteiger partial charge in [0, 0.05) is 14.1 Å². The van der Waals surface area contributed by atoms with Crippen molar-refractivity contribution in [2.45, 2.75) is 26.4 Å². The maximum absolute atomic E-state index is 11.8. The molecule has 5 heteroatoms. The van der Waals surface area contributed by atoms with Gasteiger partial charge < -0.3 is 10.1 Å². The highest BCUT2D eigenvalue weighted by Gasteiger charge is 2.20. The average Bonchev–Trinajstić information content (AvgIpc) is 2.26. The third-order valence-electron chi connectivity index (χ3n) is 2.06. The second-order valence-corrected chi connectivity index (χ2v) is 4.69. The van der Waals surface area contributed by atoms with Crippen LogP contribution in [0.4, 0.5) is 16.3 Å². The van der Waals surface area contributed by atoms with Gasteiger partial charge >= 0.3 is 6.09 Å². The van der Waals surface area contributed by atoms with Crippen LogP contribution in [-0.2, 0) is 4.74 Å². The van der Waals surface area contributed by atoms with Crippen molar-refractivity contribution in [3.63, 3.8) is 0 Å². The third-order valence-corrected chi connectivity index (χ3v) is 2.06. The molecule has 5 nitrogen and oxygen atoms in total. The molecule has 0 atom stereocenters. The lowest BCUT2D eigenvalue weighted by Gasteiger charge is -2.24. The molecule has 0 saturated heterocycles. The molecule has 0 aliphatic rings. The molecule has 94 valence electrons. The van der Waals surface area contributed by atoms with Gasteiger partial charge in [-0.05, 0) is 32.9 Å². The highest BCUT2D eigenvalue weighted by molar-refractivity contribution is 5.87. The van der Waals surface area contributed by atoms with E-state index in [0.717, 1.165) is 5.82 Å². The second kappa shape index (κ2) is 5.03. The van der Waals surface area contributed by atoms with Crippen LogP contribution in [0.2, 0.25) is 0 Å². The molecule has 1 amide bonds. The van der Waals surface area contributed by atoms with E-state index in [1.165, 1.54) is 4.90 Å². The first-order chi connectivity index (χ1) is 7.83. The van der Waals surface area contributed by atoms with Gasteiger partial charge in [-0.3, -0.25) is 4.90 Å². The number of amides is 1. The molecule has 0 spiro atoms. The molecular weight excluding hydrogens is 218 g/mol. The molecule has 0 aliphatic heterocycles. The number of ether oxygens (including phenoxy) is 1. The Morgan fingerprint density at radius 1 is 1.41 bits per heavy atom. The van der Waals surface area contributed by atoms with Crippen molar-refractivity contribution in [1.29, 1.82) is 0 Å². The molecule has 1 heterocycles. The molecule has 0 radical (unpaired) electrons. The smallest absolute Gasteiger partial charge is 0.414 e. The van der Waals surface area contributed by atoms with Crippen molar-refractivity contribution in [3.8, 4) is 0 Å². The molecule has 0 unspecified atom stereocenters. The summed E-state index contributed by atoms with van der Waals surface area (Å²) < 4.78 is 5.25. The van der Waals surface area contributed by atoms with E-state index in [0.29, 0.717) is 5.69 Å². The summed E-state index contributed by atoms with van der Waals surface area (Å²) >= 11 is 0. The van der Waals surface area contributed by atoms with E-state index in [1.807, 2.05) is 26.8 Å². The Hall–Kier alpha value is -1.78. The summed E-state index contributed by atoms with van der Waals surface area (Å²) in [6.07, 6.45) is 1.23. The van der Waals surface area contributed by atoms with Crippen LogP contribution in [0.25, 0.3) is 0 Å². The fourth-order valence-corrected chi connectivity index (χ4v) is 1.17. The molecule has 0 fully saturated rings. The first-order valence-electron chi connectivity index (χ1n) is 5.44. The number of nitrogens with one attached hydrogen (secondary N) is 1. The first-order valence-corrected chi connectivity index (χ1v) is 5.44. The van der Waals surface area contributed by atoms with E-state index in [1.54, 1.807) is 26.4 Å². The predicted molar refractivity (Wildman–Crippen MR) is 68.4 cm³/mol. The van der Waals surface area contributed by atoms with E-state index in [2.05, 4.69) is 10.3 Å². The number of anilines is 2. The average molecular weight is 237 g/mol. The lowest BCUT2D eigenvalue weighted by Crippen LogP contribution is -2.34. The van der Waals surface area contributed by atoms with Gasteiger partial charge in [-0.25, -0.2) is 9.78 Å². The van der Waals surface area contributed by atoms with Crippen LogP contribution in [0.5, 0.6) is 0 Å². The number of aromatic nitrogens is 1. The molecule has 1 aromatic heterocycles. The quantitative estimate of drug-likeness (QED) is 0.858. The number of carbonyl (C=O) groups excluding carboxylic acids is 1. The summed E-state index contributed by atoms with van der Waals surface area (Å²) in [5.41, 5.74) is 0.196. The van der Waals surface area contributed by atoms with Crippen molar-refractivity contribution in [2.24, 2.45) is 0 Å². The molecule has 0 bridgehead atoms. The third kappa shape index (κ3) is 3.94. The monoisotopic (exact) mass is 237 g/mol. The zero-order valence-corrected chi connectivity index (χ0v) is 10.9. The van der Waals surface area contributed by atoms with Gasteiger partial charge in [-0.2, -0.15) is 0 Å². The van der Waals surface area contributed by atoms with Crippen molar-refractivity contribution in [2.75, 3.05) is 24.3 Å². The molecule has 1 aromatic rings. The van der Waals surface area contributed by atoms with Gasteiger partial charge in [0.2, 0.25) is 0 Å². The highest BCUT2D eigenvalue weighted by Crippen LogP contribution is 2.16. The largest absolute Gasteiger partial charge is 0.443 e. The number of carbonyl (C=O) groups is 1. The topological polar surface area (TPSA) is 54.5 Å². The normalized spacial score (nSPS) is 10.9. The number of hydrogen-bond acceptors (Lipinski definition) is 4. The van der Waals surface area contributed by atoms with Crippen LogP contribution < -0.4 is 10.2 Å². The number of rotatable bonds is 2.